The molecule has 1 aliphatic rings. The molecule has 2 heterocycles. The predicted molar refractivity (Wildman–Crippen MR) is 111 cm³/mol. The lowest BCUT2D eigenvalue weighted by molar-refractivity contribution is -0.124. The first-order chi connectivity index (χ1) is 14.9. The monoisotopic (exact) mass is 427 g/mol. The molecule has 3 N–H and O–H groups in total. The van der Waals surface area contributed by atoms with Gasteiger partial charge in [0.2, 0.25) is 5.91 Å². The van der Waals surface area contributed by atoms with Crippen molar-refractivity contribution in [3.05, 3.63) is 53.5 Å². The van der Waals surface area contributed by atoms with Crippen LogP contribution >= 0.6 is 0 Å². The minimum absolute atomic E-state index is 0.0954. The average molecular weight is 427 g/mol. The Morgan fingerprint density at radius 3 is 2.42 bits per heavy atom. The summed E-state index contributed by atoms with van der Waals surface area (Å²) in [6.07, 6.45) is 1.44. The van der Waals surface area contributed by atoms with Gasteiger partial charge in [0.05, 0.1) is 17.6 Å². The lowest BCUT2D eigenvalue weighted by Crippen LogP contribution is -2.44. The van der Waals surface area contributed by atoms with Crippen LogP contribution in [0.2, 0.25) is 0 Å². The van der Waals surface area contributed by atoms with Gasteiger partial charge in [0.15, 0.2) is 5.78 Å². The summed E-state index contributed by atoms with van der Waals surface area (Å²) in [5.74, 6) is -0.857. The molecule has 4 rings (SSSR count). The topological polar surface area (TPSA) is 104 Å². The number of amides is 1. The zero-order valence-corrected chi connectivity index (χ0v) is 17.0. The molecule has 0 bridgehead atoms. The maximum atomic E-state index is 13.5. The van der Waals surface area contributed by atoms with Crippen molar-refractivity contribution in [1.82, 2.24) is 20.4 Å². The summed E-state index contributed by atoms with van der Waals surface area (Å²) in [6.45, 7) is 1.90. The van der Waals surface area contributed by atoms with Crippen LogP contribution in [0.25, 0.3) is 11.3 Å². The van der Waals surface area contributed by atoms with Gasteiger partial charge < -0.3 is 5.32 Å². The van der Waals surface area contributed by atoms with Gasteiger partial charge >= 0.3 is 0 Å². The fourth-order valence-corrected chi connectivity index (χ4v) is 4.15. The number of ketones is 1. The summed E-state index contributed by atoms with van der Waals surface area (Å²) >= 11 is 0. The molecule has 0 unspecified atom stereocenters. The summed E-state index contributed by atoms with van der Waals surface area (Å²) in [4.78, 5) is 26.7. The summed E-state index contributed by atoms with van der Waals surface area (Å²) in [6, 6.07) is 8.87. The Labute approximate surface area is 177 Å². The molecule has 162 valence electrons. The highest BCUT2D eigenvalue weighted by atomic mass is 19.3. The number of carbonyl (C=O) groups excluding carboxylic acids is 2. The van der Waals surface area contributed by atoms with Crippen LogP contribution in [0, 0.1) is 12.3 Å². The first-order valence-electron chi connectivity index (χ1n) is 10.2. The number of H-pyrrole nitrogens is 2. The average Bonchev–Trinajstić information content (AvgIpc) is 3.43. The minimum Gasteiger partial charge on any atom is -0.322 e. The minimum atomic E-state index is -2.81. The Kier molecular flexibility index (Phi) is 5.67. The van der Waals surface area contributed by atoms with E-state index in [1.807, 2.05) is 13.0 Å². The van der Waals surface area contributed by atoms with Crippen molar-refractivity contribution >= 4 is 17.4 Å². The quantitative estimate of drug-likeness (QED) is 0.388. The lowest BCUT2D eigenvalue weighted by Gasteiger charge is -2.34. The zero-order valence-electron chi connectivity index (χ0n) is 17.0. The molecule has 0 radical (unpaired) electrons. The maximum absolute atomic E-state index is 13.5. The summed E-state index contributed by atoms with van der Waals surface area (Å²) in [5, 5.41) is 15.4. The molecule has 1 saturated carbocycles. The van der Waals surface area contributed by atoms with Crippen LogP contribution < -0.4 is 5.32 Å². The summed E-state index contributed by atoms with van der Waals surface area (Å²) < 4.78 is 26.3. The van der Waals surface area contributed by atoms with Crippen molar-refractivity contribution in [3.8, 4) is 11.3 Å². The number of aromatic amines is 2. The third kappa shape index (κ3) is 3.99. The van der Waals surface area contributed by atoms with E-state index in [-0.39, 0.29) is 11.5 Å². The molecule has 2 aromatic heterocycles. The van der Waals surface area contributed by atoms with Gasteiger partial charge in [0.1, 0.15) is 11.1 Å². The first kappa shape index (κ1) is 20.9. The van der Waals surface area contributed by atoms with Crippen molar-refractivity contribution in [2.24, 2.45) is 5.41 Å². The van der Waals surface area contributed by atoms with E-state index >= 15 is 0 Å². The standard InChI is InChI=1S/C22H23F2N5O2/c1-13-11-16(28-27-13)14-5-7-15(8-6-14)19(30)22(9-3-2-4-10-22)21(31)26-17-12-25-29-18(17)20(23)24/h5-8,11-12,20H,2-4,9-10H2,1H3,(H,25,29)(H,26,31)(H,27,28). The molecular formula is C22H23F2N5O2. The van der Waals surface area contributed by atoms with Gasteiger partial charge in [0, 0.05) is 16.8 Å². The number of nitrogens with zero attached hydrogens (tertiary/aromatic N) is 2. The van der Waals surface area contributed by atoms with Gasteiger partial charge in [-0.25, -0.2) is 8.78 Å². The highest BCUT2D eigenvalue weighted by molar-refractivity contribution is 6.17. The van der Waals surface area contributed by atoms with Gasteiger partial charge in [-0.3, -0.25) is 19.8 Å². The van der Waals surface area contributed by atoms with Gasteiger partial charge in [-0.05, 0) is 25.8 Å². The number of Topliss-reactive ketones (excluding diaryl/α,β-unsaturated/α-hetero) is 1. The third-order valence-electron chi connectivity index (χ3n) is 5.86. The van der Waals surface area contributed by atoms with Crippen LogP contribution in [-0.4, -0.2) is 32.1 Å². The van der Waals surface area contributed by atoms with Crippen LogP contribution in [0.3, 0.4) is 0 Å². The van der Waals surface area contributed by atoms with Crippen LogP contribution in [0.5, 0.6) is 0 Å². The predicted octanol–water partition coefficient (Wildman–Crippen LogP) is 4.82. The van der Waals surface area contributed by atoms with E-state index in [4.69, 9.17) is 0 Å². The van der Waals surface area contributed by atoms with Crippen LogP contribution in [0.4, 0.5) is 14.5 Å². The molecule has 9 heteroatoms. The van der Waals surface area contributed by atoms with Crippen LogP contribution in [-0.2, 0) is 4.79 Å². The van der Waals surface area contributed by atoms with Crippen molar-refractivity contribution in [1.29, 1.82) is 0 Å². The fourth-order valence-electron chi connectivity index (χ4n) is 4.15. The highest BCUT2D eigenvalue weighted by Gasteiger charge is 2.46. The van der Waals surface area contributed by atoms with Crippen molar-refractivity contribution in [3.63, 3.8) is 0 Å². The molecule has 1 amide bonds. The number of aryl methyl sites for hydroxylation is 1. The largest absolute Gasteiger partial charge is 0.322 e. The van der Waals surface area contributed by atoms with Gasteiger partial charge in [-0.2, -0.15) is 10.2 Å². The number of hydrogen-bond acceptors (Lipinski definition) is 4. The van der Waals surface area contributed by atoms with E-state index in [2.05, 4.69) is 25.7 Å². The zero-order chi connectivity index (χ0) is 22.0. The normalized spacial score (nSPS) is 15.7. The molecule has 1 aromatic carbocycles. The van der Waals surface area contributed by atoms with E-state index in [1.165, 1.54) is 0 Å². The number of nitrogens with one attached hydrogen (secondary N) is 3. The van der Waals surface area contributed by atoms with Gasteiger partial charge in [0.25, 0.3) is 6.43 Å². The number of benzene rings is 1. The number of rotatable bonds is 6. The number of carbonyl (C=O) groups is 2. The lowest BCUT2D eigenvalue weighted by atomic mass is 9.68. The molecule has 0 saturated heterocycles. The number of alkyl halides is 2. The Balaban J connectivity index is 1.61. The molecule has 1 aliphatic carbocycles. The Morgan fingerprint density at radius 1 is 1.10 bits per heavy atom. The summed E-state index contributed by atoms with van der Waals surface area (Å²) in [7, 11) is 0. The van der Waals surface area contributed by atoms with E-state index in [0.717, 1.165) is 42.4 Å². The molecule has 0 aliphatic heterocycles. The smallest absolute Gasteiger partial charge is 0.281 e. The highest BCUT2D eigenvalue weighted by Crippen LogP contribution is 2.41. The number of halogens is 2. The van der Waals surface area contributed by atoms with E-state index in [1.54, 1.807) is 24.3 Å². The second kappa shape index (κ2) is 8.41. The maximum Gasteiger partial charge on any atom is 0.281 e. The summed E-state index contributed by atoms with van der Waals surface area (Å²) in [5.41, 5.74) is 1.10. The van der Waals surface area contributed by atoms with Crippen LogP contribution in [0.1, 0.15) is 60.3 Å². The Hall–Kier alpha value is -3.36. The molecule has 0 spiro atoms. The number of aromatic nitrogens is 4. The molecular weight excluding hydrogens is 404 g/mol. The number of hydrogen-bond donors (Lipinski definition) is 3. The second-order valence-corrected chi connectivity index (χ2v) is 7.94. The molecule has 0 atom stereocenters. The van der Waals surface area contributed by atoms with E-state index in [0.29, 0.717) is 18.4 Å². The second-order valence-electron chi connectivity index (χ2n) is 7.94. The van der Waals surface area contributed by atoms with Crippen molar-refractivity contribution in [2.75, 3.05) is 5.32 Å². The number of anilines is 1. The molecule has 31 heavy (non-hydrogen) atoms. The molecule has 1 fully saturated rings. The molecule has 7 nitrogen and oxygen atoms in total. The van der Waals surface area contributed by atoms with Gasteiger partial charge in [-0.15, -0.1) is 0 Å². The van der Waals surface area contributed by atoms with Crippen molar-refractivity contribution < 1.29 is 18.4 Å². The SMILES string of the molecule is Cc1cc(-c2ccc(C(=O)C3(C(=O)Nc4cn[nH]c4C(F)F)CCCCC3)cc2)n[nH]1. The van der Waals surface area contributed by atoms with E-state index in [9.17, 15) is 18.4 Å². The van der Waals surface area contributed by atoms with E-state index < -0.39 is 23.4 Å². The van der Waals surface area contributed by atoms with Gasteiger partial charge in [-0.1, -0.05) is 43.5 Å². The fraction of sp³-hybridized carbons (Fsp3) is 0.364. The Bertz CT molecular complexity index is 1080. The van der Waals surface area contributed by atoms with Crippen LogP contribution in [0.15, 0.2) is 36.5 Å². The molecule has 3 aromatic rings. The third-order valence-corrected chi connectivity index (χ3v) is 5.86. The van der Waals surface area contributed by atoms with Crippen molar-refractivity contribution in [2.45, 2.75) is 45.5 Å². The Morgan fingerprint density at radius 2 is 1.81 bits per heavy atom. The first-order valence-corrected chi connectivity index (χ1v) is 10.2.